The number of carbonyl (C=O) groups excluding carboxylic acids is 1. The summed E-state index contributed by atoms with van der Waals surface area (Å²) < 4.78 is 13.6. The fraction of sp³-hybridized carbons (Fsp3) is 0.533. The number of benzene rings is 1. The standard InChI is InChI=1S/C15H20FNO2/c1-11(9-17-8-4-5-12(18)10-17)15(19)13-6-2-3-7-14(13)16/h2-3,6-7,11-12,18H,4-5,8-10H2,1H3. The van der Waals surface area contributed by atoms with Crippen molar-refractivity contribution in [3.63, 3.8) is 0 Å². The Bertz CT molecular complexity index is 450. The molecule has 0 aliphatic carbocycles. The predicted molar refractivity (Wildman–Crippen MR) is 71.6 cm³/mol. The Morgan fingerprint density at radius 3 is 2.95 bits per heavy atom. The molecule has 0 spiro atoms. The molecule has 1 aliphatic rings. The van der Waals surface area contributed by atoms with Crippen LogP contribution in [0.5, 0.6) is 0 Å². The van der Waals surface area contributed by atoms with E-state index in [-0.39, 0.29) is 23.4 Å². The minimum Gasteiger partial charge on any atom is -0.392 e. The van der Waals surface area contributed by atoms with Crippen LogP contribution in [0.15, 0.2) is 24.3 Å². The number of carbonyl (C=O) groups is 1. The van der Waals surface area contributed by atoms with Gasteiger partial charge in [-0.1, -0.05) is 19.1 Å². The monoisotopic (exact) mass is 265 g/mol. The molecule has 1 aromatic rings. The van der Waals surface area contributed by atoms with Gasteiger partial charge in [0.1, 0.15) is 5.82 Å². The number of hydrogen-bond acceptors (Lipinski definition) is 3. The maximum absolute atomic E-state index is 13.6. The third kappa shape index (κ3) is 3.61. The molecule has 2 atom stereocenters. The molecule has 2 unspecified atom stereocenters. The van der Waals surface area contributed by atoms with Crippen molar-refractivity contribution in [1.29, 1.82) is 0 Å². The van der Waals surface area contributed by atoms with E-state index in [0.29, 0.717) is 13.1 Å². The van der Waals surface area contributed by atoms with Crippen LogP contribution in [0, 0.1) is 11.7 Å². The predicted octanol–water partition coefficient (Wildman–Crippen LogP) is 2.10. The van der Waals surface area contributed by atoms with Gasteiger partial charge in [0.2, 0.25) is 0 Å². The summed E-state index contributed by atoms with van der Waals surface area (Å²) in [7, 11) is 0. The van der Waals surface area contributed by atoms with Gasteiger partial charge in [-0.2, -0.15) is 0 Å². The van der Waals surface area contributed by atoms with Gasteiger partial charge in [-0.05, 0) is 31.5 Å². The molecule has 4 heteroatoms. The summed E-state index contributed by atoms with van der Waals surface area (Å²) in [6, 6.07) is 6.09. The van der Waals surface area contributed by atoms with Gasteiger partial charge < -0.3 is 10.0 Å². The zero-order valence-corrected chi connectivity index (χ0v) is 11.2. The Balaban J connectivity index is 1.98. The number of piperidine rings is 1. The molecule has 19 heavy (non-hydrogen) atoms. The van der Waals surface area contributed by atoms with Gasteiger partial charge in [0.15, 0.2) is 5.78 Å². The van der Waals surface area contributed by atoms with Crippen LogP contribution in [0.1, 0.15) is 30.1 Å². The second kappa shape index (κ2) is 6.26. The van der Waals surface area contributed by atoms with Crippen molar-refractivity contribution < 1.29 is 14.3 Å². The number of rotatable bonds is 4. The Morgan fingerprint density at radius 1 is 1.53 bits per heavy atom. The number of Topliss-reactive ketones (excluding diaryl/α,β-unsaturated/α-hetero) is 1. The first-order chi connectivity index (χ1) is 9.08. The number of halogens is 1. The van der Waals surface area contributed by atoms with Crippen molar-refractivity contribution in [2.45, 2.75) is 25.9 Å². The molecule has 1 aromatic carbocycles. The third-order valence-corrected chi connectivity index (χ3v) is 3.60. The fourth-order valence-corrected chi connectivity index (χ4v) is 2.59. The summed E-state index contributed by atoms with van der Waals surface area (Å²) in [5.41, 5.74) is 0.160. The zero-order valence-electron chi connectivity index (χ0n) is 11.2. The summed E-state index contributed by atoms with van der Waals surface area (Å²) in [5, 5.41) is 9.61. The smallest absolute Gasteiger partial charge is 0.169 e. The van der Waals surface area contributed by atoms with E-state index in [1.54, 1.807) is 12.1 Å². The summed E-state index contributed by atoms with van der Waals surface area (Å²) in [5.74, 6) is -0.890. The highest BCUT2D eigenvalue weighted by molar-refractivity contribution is 5.98. The van der Waals surface area contributed by atoms with Crippen molar-refractivity contribution in [1.82, 2.24) is 4.90 Å². The molecule has 3 nitrogen and oxygen atoms in total. The highest BCUT2D eigenvalue weighted by Gasteiger charge is 2.24. The average molecular weight is 265 g/mol. The summed E-state index contributed by atoms with van der Waals surface area (Å²) in [6.07, 6.45) is 1.47. The molecular formula is C15H20FNO2. The topological polar surface area (TPSA) is 40.5 Å². The molecular weight excluding hydrogens is 245 g/mol. The maximum Gasteiger partial charge on any atom is 0.169 e. The van der Waals surface area contributed by atoms with E-state index in [2.05, 4.69) is 4.90 Å². The maximum atomic E-state index is 13.6. The number of ketones is 1. The van der Waals surface area contributed by atoms with E-state index >= 15 is 0 Å². The first kappa shape index (κ1) is 14.2. The van der Waals surface area contributed by atoms with Gasteiger partial charge in [-0.25, -0.2) is 4.39 Å². The summed E-state index contributed by atoms with van der Waals surface area (Å²) >= 11 is 0. The van der Waals surface area contributed by atoms with Crippen LogP contribution in [0.3, 0.4) is 0 Å². The third-order valence-electron chi connectivity index (χ3n) is 3.60. The molecule has 0 saturated carbocycles. The van der Waals surface area contributed by atoms with Crippen molar-refractivity contribution in [2.24, 2.45) is 5.92 Å². The Labute approximate surface area is 113 Å². The number of nitrogens with zero attached hydrogens (tertiary/aromatic N) is 1. The molecule has 1 saturated heterocycles. The van der Waals surface area contributed by atoms with Gasteiger partial charge in [0.25, 0.3) is 0 Å². The molecule has 1 fully saturated rings. The van der Waals surface area contributed by atoms with Crippen molar-refractivity contribution in [3.05, 3.63) is 35.6 Å². The lowest BCUT2D eigenvalue weighted by Crippen LogP contribution is -2.41. The molecule has 0 aromatic heterocycles. The van der Waals surface area contributed by atoms with E-state index in [9.17, 15) is 14.3 Å². The molecule has 1 N–H and O–H groups in total. The van der Waals surface area contributed by atoms with Crippen LogP contribution in [-0.2, 0) is 0 Å². The molecule has 0 amide bonds. The molecule has 104 valence electrons. The first-order valence-corrected chi connectivity index (χ1v) is 6.77. The zero-order chi connectivity index (χ0) is 13.8. The number of aliphatic hydroxyl groups excluding tert-OH is 1. The fourth-order valence-electron chi connectivity index (χ4n) is 2.59. The number of β-amino-alcohol motifs (C(OH)–C–C–N with tert-alkyl or cyclic N) is 1. The van der Waals surface area contributed by atoms with Gasteiger partial charge in [0, 0.05) is 19.0 Å². The lowest BCUT2D eigenvalue weighted by Gasteiger charge is -2.31. The summed E-state index contributed by atoms with van der Waals surface area (Å²) in [4.78, 5) is 14.3. The van der Waals surface area contributed by atoms with E-state index in [1.807, 2.05) is 6.92 Å². The Morgan fingerprint density at radius 2 is 2.26 bits per heavy atom. The van der Waals surface area contributed by atoms with Gasteiger partial charge in [0.05, 0.1) is 11.7 Å². The molecule has 0 bridgehead atoms. The lowest BCUT2D eigenvalue weighted by atomic mass is 9.97. The van der Waals surface area contributed by atoms with Gasteiger partial charge >= 0.3 is 0 Å². The van der Waals surface area contributed by atoms with Crippen LogP contribution < -0.4 is 0 Å². The number of aliphatic hydroxyl groups is 1. The quantitative estimate of drug-likeness (QED) is 0.848. The van der Waals surface area contributed by atoms with Crippen LogP contribution in [0.25, 0.3) is 0 Å². The second-order valence-corrected chi connectivity index (χ2v) is 5.30. The van der Waals surface area contributed by atoms with Crippen molar-refractivity contribution in [2.75, 3.05) is 19.6 Å². The van der Waals surface area contributed by atoms with E-state index in [4.69, 9.17) is 0 Å². The SMILES string of the molecule is CC(CN1CCCC(O)C1)C(=O)c1ccccc1F. The molecule has 1 aliphatic heterocycles. The summed E-state index contributed by atoms with van der Waals surface area (Å²) in [6.45, 7) is 3.89. The lowest BCUT2D eigenvalue weighted by molar-refractivity contribution is 0.0588. The van der Waals surface area contributed by atoms with Crippen LogP contribution in [-0.4, -0.2) is 41.5 Å². The van der Waals surface area contributed by atoms with Crippen LogP contribution in [0.2, 0.25) is 0 Å². The number of likely N-dealkylation sites (tertiary alicyclic amines) is 1. The normalized spacial score (nSPS) is 22.2. The van der Waals surface area contributed by atoms with E-state index in [1.165, 1.54) is 12.1 Å². The van der Waals surface area contributed by atoms with E-state index in [0.717, 1.165) is 19.4 Å². The Hall–Kier alpha value is -1.26. The number of hydrogen-bond donors (Lipinski definition) is 1. The minimum atomic E-state index is -0.460. The highest BCUT2D eigenvalue weighted by Crippen LogP contribution is 2.16. The minimum absolute atomic E-state index is 0.160. The largest absolute Gasteiger partial charge is 0.392 e. The van der Waals surface area contributed by atoms with Gasteiger partial charge in [-0.15, -0.1) is 0 Å². The first-order valence-electron chi connectivity index (χ1n) is 6.77. The molecule has 2 rings (SSSR count). The molecule has 1 heterocycles. The van der Waals surface area contributed by atoms with Crippen LogP contribution in [0.4, 0.5) is 4.39 Å². The van der Waals surface area contributed by atoms with E-state index < -0.39 is 5.82 Å². The Kier molecular flexibility index (Phi) is 4.66. The highest BCUT2D eigenvalue weighted by atomic mass is 19.1. The van der Waals surface area contributed by atoms with Crippen molar-refractivity contribution in [3.8, 4) is 0 Å². The van der Waals surface area contributed by atoms with Crippen molar-refractivity contribution >= 4 is 5.78 Å². The van der Waals surface area contributed by atoms with Crippen LogP contribution >= 0.6 is 0 Å². The average Bonchev–Trinajstić information content (AvgIpc) is 2.38. The second-order valence-electron chi connectivity index (χ2n) is 5.30. The van der Waals surface area contributed by atoms with Gasteiger partial charge in [-0.3, -0.25) is 4.79 Å². The molecule has 0 radical (unpaired) electrons.